The van der Waals surface area contributed by atoms with Crippen LogP contribution in [-0.4, -0.2) is 42.9 Å². The summed E-state index contributed by atoms with van der Waals surface area (Å²) in [5.74, 6) is 0.135. The number of rotatable bonds is 3. The standard InChI is InChI=1S/C9H17N3O2/c1-7(5-10)4-9(14)12-3-2-11-8(13)6-12/h7H,2-6,10H2,1H3,(H,11,13). The van der Waals surface area contributed by atoms with Crippen LogP contribution in [0, 0.1) is 5.92 Å². The Labute approximate surface area is 83.6 Å². The SMILES string of the molecule is CC(CN)CC(=O)N1CCNC(=O)C1. The molecular formula is C9H17N3O2. The summed E-state index contributed by atoms with van der Waals surface area (Å²) in [7, 11) is 0. The summed E-state index contributed by atoms with van der Waals surface area (Å²) in [5, 5.41) is 2.68. The molecule has 1 unspecified atom stereocenters. The molecule has 0 aromatic heterocycles. The maximum Gasteiger partial charge on any atom is 0.239 e. The van der Waals surface area contributed by atoms with Gasteiger partial charge in [-0.2, -0.15) is 0 Å². The smallest absolute Gasteiger partial charge is 0.239 e. The van der Waals surface area contributed by atoms with Crippen LogP contribution in [0.2, 0.25) is 0 Å². The quantitative estimate of drug-likeness (QED) is 0.607. The fraction of sp³-hybridized carbons (Fsp3) is 0.778. The lowest BCUT2D eigenvalue weighted by Crippen LogP contribution is -2.50. The van der Waals surface area contributed by atoms with Crippen LogP contribution in [0.25, 0.3) is 0 Å². The molecule has 5 nitrogen and oxygen atoms in total. The maximum atomic E-state index is 11.6. The largest absolute Gasteiger partial charge is 0.353 e. The van der Waals surface area contributed by atoms with E-state index in [2.05, 4.69) is 5.32 Å². The minimum absolute atomic E-state index is 0.0257. The Bertz CT molecular complexity index is 230. The highest BCUT2D eigenvalue weighted by atomic mass is 16.2. The molecule has 1 fully saturated rings. The molecule has 14 heavy (non-hydrogen) atoms. The number of nitrogens with two attached hydrogens (primary N) is 1. The molecule has 0 aliphatic carbocycles. The fourth-order valence-corrected chi connectivity index (χ4v) is 1.36. The van der Waals surface area contributed by atoms with Crippen molar-refractivity contribution in [2.24, 2.45) is 11.7 Å². The lowest BCUT2D eigenvalue weighted by atomic mass is 10.1. The zero-order valence-electron chi connectivity index (χ0n) is 8.45. The summed E-state index contributed by atoms with van der Waals surface area (Å²) >= 11 is 0. The summed E-state index contributed by atoms with van der Waals surface area (Å²) in [6.45, 7) is 3.80. The first-order chi connectivity index (χ1) is 6.63. The Morgan fingerprint density at radius 2 is 2.43 bits per heavy atom. The minimum Gasteiger partial charge on any atom is -0.353 e. The Kier molecular flexibility index (Phi) is 3.88. The number of nitrogens with one attached hydrogen (secondary N) is 1. The topological polar surface area (TPSA) is 75.4 Å². The number of carbonyl (C=O) groups excluding carboxylic acids is 2. The van der Waals surface area contributed by atoms with Crippen LogP contribution in [-0.2, 0) is 9.59 Å². The van der Waals surface area contributed by atoms with Gasteiger partial charge in [0.15, 0.2) is 0 Å². The van der Waals surface area contributed by atoms with Crippen molar-refractivity contribution in [3.8, 4) is 0 Å². The van der Waals surface area contributed by atoms with E-state index >= 15 is 0 Å². The third-order valence-electron chi connectivity index (χ3n) is 2.32. The maximum absolute atomic E-state index is 11.6. The molecule has 0 radical (unpaired) electrons. The van der Waals surface area contributed by atoms with Gasteiger partial charge in [0.25, 0.3) is 0 Å². The molecule has 1 rings (SSSR count). The molecule has 0 aromatic carbocycles. The van der Waals surface area contributed by atoms with Gasteiger partial charge in [-0.05, 0) is 12.5 Å². The second-order valence-electron chi connectivity index (χ2n) is 3.71. The second kappa shape index (κ2) is 4.95. The van der Waals surface area contributed by atoms with Gasteiger partial charge in [0.05, 0.1) is 6.54 Å². The van der Waals surface area contributed by atoms with Crippen LogP contribution in [0.1, 0.15) is 13.3 Å². The molecule has 3 N–H and O–H groups in total. The summed E-state index contributed by atoms with van der Waals surface area (Å²) in [6.07, 6.45) is 0.434. The molecule has 0 spiro atoms. The Balaban J connectivity index is 2.39. The molecule has 0 bridgehead atoms. The molecule has 0 aromatic rings. The average molecular weight is 199 g/mol. The van der Waals surface area contributed by atoms with Crippen LogP contribution in [0.3, 0.4) is 0 Å². The van der Waals surface area contributed by atoms with Gasteiger partial charge >= 0.3 is 0 Å². The lowest BCUT2D eigenvalue weighted by molar-refractivity contribution is -0.138. The van der Waals surface area contributed by atoms with E-state index in [1.165, 1.54) is 0 Å². The number of piperazine rings is 1. The highest BCUT2D eigenvalue weighted by Gasteiger charge is 2.21. The fourth-order valence-electron chi connectivity index (χ4n) is 1.36. The first-order valence-electron chi connectivity index (χ1n) is 4.88. The van der Waals surface area contributed by atoms with E-state index in [-0.39, 0.29) is 24.3 Å². The first kappa shape index (κ1) is 11.0. The monoisotopic (exact) mass is 199 g/mol. The van der Waals surface area contributed by atoms with Crippen molar-refractivity contribution in [3.05, 3.63) is 0 Å². The third kappa shape index (κ3) is 2.99. The molecule has 1 aliphatic rings. The van der Waals surface area contributed by atoms with Gasteiger partial charge in [0.2, 0.25) is 11.8 Å². The van der Waals surface area contributed by atoms with E-state index in [0.29, 0.717) is 26.1 Å². The number of carbonyl (C=O) groups is 2. The van der Waals surface area contributed by atoms with E-state index < -0.39 is 0 Å². The number of hydrogen-bond donors (Lipinski definition) is 2. The van der Waals surface area contributed by atoms with Gasteiger partial charge in [-0.15, -0.1) is 0 Å². The van der Waals surface area contributed by atoms with Crippen molar-refractivity contribution in [1.29, 1.82) is 0 Å². The lowest BCUT2D eigenvalue weighted by Gasteiger charge is -2.27. The van der Waals surface area contributed by atoms with Gasteiger partial charge in [0, 0.05) is 19.5 Å². The minimum atomic E-state index is -0.0787. The van der Waals surface area contributed by atoms with Crippen molar-refractivity contribution in [1.82, 2.24) is 10.2 Å². The van der Waals surface area contributed by atoms with Crippen molar-refractivity contribution in [2.45, 2.75) is 13.3 Å². The van der Waals surface area contributed by atoms with Gasteiger partial charge in [-0.3, -0.25) is 9.59 Å². The van der Waals surface area contributed by atoms with Crippen LogP contribution in [0.4, 0.5) is 0 Å². The van der Waals surface area contributed by atoms with Crippen LogP contribution in [0.5, 0.6) is 0 Å². The number of hydrogen-bond acceptors (Lipinski definition) is 3. The predicted octanol–water partition coefficient (Wildman–Crippen LogP) is -1.07. The summed E-state index contributed by atoms with van der Waals surface area (Å²) < 4.78 is 0. The van der Waals surface area contributed by atoms with Crippen LogP contribution >= 0.6 is 0 Å². The zero-order valence-corrected chi connectivity index (χ0v) is 8.45. The van der Waals surface area contributed by atoms with Crippen LogP contribution in [0.15, 0.2) is 0 Å². The van der Waals surface area contributed by atoms with Gasteiger partial charge in [-0.25, -0.2) is 0 Å². The molecule has 0 saturated carbocycles. The van der Waals surface area contributed by atoms with Gasteiger partial charge in [-0.1, -0.05) is 6.92 Å². The van der Waals surface area contributed by atoms with E-state index in [0.717, 1.165) is 0 Å². The predicted molar refractivity (Wildman–Crippen MR) is 52.4 cm³/mol. The van der Waals surface area contributed by atoms with Gasteiger partial charge < -0.3 is 16.0 Å². The van der Waals surface area contributed by atoms with Crippen molar-refractivity contribution in [3.63, 3.8) is 0 Å². The van der Waals surface area contributed by atoms with E-state index in [4.69, 9.17) is 5.73 Å². The first-order valence-corrected chi connectivity index (χ1v) is 4.88. The molecule has 1 heterocycles. The number of amides is 2. The van der Waals surface area contributed by atoms with Crippen molar-refractivity contribution < 1.29 is 9.59 Å². The molecule has 1 atom stereocenters. The Hall–Kier alpha value is -1.10. The van der Waals surface area contributed by atoms with Crippen molar-refractivity contribution >= 4 is 11.8 Å². The Morgan fingerprint density at radius 1 is 1.71 bits per heavy atom. The normalized spacial score (nSPS) is 19.0. The summed E-state index contributed by atoms with van der Waals surface area (Å²) in [4.78, 5) is 24.2. The summed E-state index contributed by atoms with van der Waals surface area (Å²) in [6, 6.07) is 0. The number of nitrogens with zero attached hydrogens (tertiary/aromatic N) is 1. The van der Waals surface area contributed by atoms with Crippen molar-refractivity contribution in [2.75, 3.05) is 26.2 Å². The molecule has 1 aliphatic heterocycles. The van der Waals surface area contributed by atoms with Gasteiger partial charge in [0.1, 0.15) is 0 Å². The molecule has 1 saturated heterocycles. The molecular weight excluding hydrogens is 182 g/mol. The van der Waals surface area contributed by atoms with E-state index in [1.807, 2.05) is 6.92 Å². The zero-order chi connectivity index (χ0) is 10.6. The second-order valence-corrected chi connectivity index (χ2v) is 3.71. The highest BCUT2D eigenvalue weighted by molar-refractivity contribution is 5.85. The highest BCUT2D eigenvalue weighted by Crippen LogP contribution is 2.04. The third-order valence-corrected chi connectivity index (χ3v) is 2.32. The Morgan fingerprint density at radius 3 is 3.00 bits per heavy atom. The average Bonchev–Trinajstić information content (AvgIpc) is 2.17. The molecule has 5 heteroatoms. The van der Waals surface area contributed by atoms with E-state index in [9.17, 15) is 9.59 Å². The molecule has 80 valence electrons. The summed E-state index contributed by atoms with van der Waals surface area (Å²) in [5.41, 5.74) is 5.43. The van der Waals surface area contributed by atoms with E-state index in [1.54, 1.807) is 4.90 Å². The van der Waals surface area contributed by atoms with Crippen LogP contribution < -0.4 is 11.1 Å². The molecule has 2 amide bonds.